The fourth-order valence-electron chi connectivity index (χ4n) is 1.28. The van der Waals surface area contributed by atoms with Gasteiger partial charge < -0.3 is 5.73 Å². The second-order valence-electron chi connectivity index (χ2n) is 2.84. The summed E-state index contributed by atoms with van der Waals surface area (Å²) in [7, 11) is 0. The van der Waals surface area contributed by atoms with Crippen molar-refractivity contribution in [1.82, 2.24) is 0 Å². The fourth-order valence-corrected chi connectivity index (χ4v) is 1.28. The first-order valence-electron chi connectivity index (χ1n) is 3.97. The molecule has 0 saturated heterocycles. The van der Waals surface area contributed by atoms with Crippen molar-refractivity contribution in [3.8, 4) is 0 Å². The molecule has 0 aliphatic heterocycles. The Bertz CT molecular complexity index is 462. The summed E-state index contributed by atoms with van der Waals surface area (Å²) in [5.41, 5.74) is 5.69. The van der Waals surface area contributed by atoms with Gasteiger partial charge in [-0.25, -0.2) is 0 Å². The highest BCUT2D eigenvalue weighted by molar-refractivity contribution is 5.97. The molecule has 0 spiro atoms. The average Bonchev–Trinajstić information content (AvgIpc) is 2.17. The molecule has 1 radical (unpaired) electrons. The van der Waals surface area contributed by atoms with Crippen molar-refractivity contribution in [2.45, 2.75) is 0 Å². The van der Waals surface area contributed by atoms with E-state index in [1.54, 1.807) is 12.1 Å². The van der Waals surface area contributed by atoms with E-state index in [-0.39, 0.29) is 0 Å². The van der Waals surface area contributed by atoms with E-state index < -0.39 is 5.91 Å². The molecule has 0 aromatic heterocycles. The van der Waals surface area contributed by atoms with Gasteiger partial charge in [0.2, 0.25) is 5.91 Å². The minimum atomic E-state index is -0.397. The molecule has 0 fully saturated rings. The Labute approximate surface area is 76.0 Å². The third-order valence-corrected chi connectivity index (χ3v) is 1.95. The Morgan fingerprint density at radius 3 is 2.92 bits per heavy atom. The molecule has 2 rings (SSSR count). The molecule has 13 heavy (non-hydrogen) atoms. The van der Waals surface area contributed by atoms with Gasteiger partial charge >= 0.3 is 0 Å². The van der Waals surface area contributed by atoms with Crippen LogP contribution in [0.15, 0.2) is 36.4 Å². The van der Waals surface area contributed by atoms with E-state index in [9.17, 15) is 4.79 Å². The van der Waals surface area contributed by atoms with Crippen LogP contribution in [0, 0.1) is 6.07 Å². The number of fused-ring (bicyclic) bond motifs is 1. The molecule has 1 amide bonds. The van der Waals surface area contributed by atoms with Crippen LogP contribution in [0.5, 0.6) is 0 Å². The number of amides is 1. The Morgan fingerprint density at radius 2 is 2.15 bits per heavy atom. The second-order valence-corrected chi connectivity index (χ2v) is 2.84. The van der Waals surface area contributed by atoms with Gasteiger partial charge in [-0.05, 0) is 29.0 Å². The lowest BCUT2D eigenvalue weighted by Crippen LogP contribution is -2.10. The van der Waals surface area contributed by atoms with E-state index >= 15 is 0 Å². The highest BCUT2D eigenvalue weighted by Gasteiger charge is 2.00. The van der Waals surface area contributed by atoms with Crippen LogP contribution in [0.3, 0.4) is 0 Å². The first kappa shape index (κ1) is 7.80. The van der Waals surface area contributed by atoms with Crippen molar-refractivity contribution in [2.75, 3.05) is 0 Å². The third-order valence-electron chi connectivity index (χ3n) is 1.95. The normalized spacial score (nSPS) is 10.2. The Morgan fingerprint density at radius 1 is 1.31 bits per heavy atom. The summed E-state index contributed by atoms with van der Waals surface area (Å²) in [6.45, 7) is 0. The number of carbonyl (C=O) groups is 1. The van der Waals surface area contributed by atoms with Crippen LogP contribution < -0.4 is 5.73 Å². The molecule has 0 unspecified atom stereocenters. The van der Waals surface area contributed by atoms with Gasteiger partial charge in [0.15, 0.2) is 0 Å². The number of rotatable bonds is 1. The largest absolute Gasteiger partial charge is 0.366 e. The summed E-state index contributed by atoms with van der Waals surface area (Å²) in [5.74, 6) is -0.397. The Hall–Kier alpha value is -1.83. The Balaban J connectivity index is 2.69. The third kappa shape index (κ3) is 1.38. The van der Waals surface area contributed by atoms with Crippen molar-refractivity contribution in [1.29, 1.82) is 0 Å². The van der Waals surface area contributed by atoms with E-state index in [4.69, 9.17) is 5.73 Å². The van der Waals surface area contributed by atoms with Crippen LogP contribution in [-0.4, -0.2) is 5.91 Å². The lowest BCUT2D eigenvalue weighted by molar-refractivity contribution is 0.100. The van der Waals surface area contributed by atoms with Crippen molar-refractivity contribution in [3.05, 3.63) is 48.0 Å². The van der Waals surface area contributed by atoms with E-state index in [2.05, 4.69) is 6.07 Å². The number of primary amides is 1. The minimum Gasteiger partial charge on any atom is -0.366 e. The molecule has 0 atom stereocenters. The van der Waals surface area contributed by atoms with Crippen LogP contribution in [0.2, 0.25) is 0 Å². The first-order chi connectivity index (χ1) is 6.27. The predicted molar refractivity (Wildman–Crippen MR) is 51.3 cm³/mol. The zero-order chi connectivity index (χ0) is 9.26. The standard InChI is InChI=1S/C11H8NO/c12-11(13)10-6-5-8-3-1-2-4-9(8)7-10/h1-2,4-7H,(H2,12,13). The predicted octanol–water partition coefficient (Wildman–Crippen LogP) is 1.74. The molecule has 2 nitrogen and oxygen atoms in total. The molecule has 0 aliphatic rings. The maximum absolute atomic E-state index is 10.9. The fraction of sp³-hybridized carbons (Fsp3) is 0. The molecule has 63 valence electrons. The van der Waals surface area contributed by atoms with Gasteiger partial charge in [0.05, 0.1) is 0 Å². The number of nitrogens with two attached hydrogens (primary N) is 1. The molecular formula is C11H8NO. The highest BCUT2D eigenvalue weighted by Crippen LogP contribution is 2.14. The van der Waals surface area contributed by atoms with Gasteiger partial charge in [-0.15, -0.1) is 0 Å². The maximum Gasteiger partial charge on any atom is 0.248 e. The smallest absolute Gasteiger partial charge is 0.248 e. The minimum absolute atomic E-state index is 0.397. The van der Waals surface area contributed by atoms with Gasteiger partial charge in [0.1, 0.15) is 0 Å². The van der Waals surface area contributed by atoms with Crippen molar-refractivity contribution < 1.29 is 4.79 Å². The number of carbonyl (C=O) groups excluding carboxylic acids is 1. The molecule has 2 heteroatoms. The molecule has 0 saturated carbocycles. The Kier molecular flexibility index (Phi) is 1.74. The monoisotopic (exact) mass is 170 g/mol. The van der Waals surface area contributed by atoms with Crippen LogP contribution >= 0.6 is 0 Å². The van der Waals surface area contributed by atoms with Gasteiger partial charge in [0, 0.05) is 5.56 Å². The lowest BCUT2D eigenvalue weighted by atomic mass is 10.1. The van der Waals surface area contributed by atoms with Crippen LogP contribution in [0.25, 0.3) is 10.8 Å². The van der Waals surface area contributed by atoms with Gasteiger partial charge in [-0.1, -0.05) is 24.3 Å². The second kappa shape index (κ2) is 2.90. The molecule has 2 aromatic carbocycles. The van der Waals surface area contributed by atoms with Crippen molar-refractivity contribution in [2.24, 2.45) is 5.73 Å². The molecular weight excluding hydrogens is 162 g/mol. The molecule has 2 aromatic rings. The van der Waals surface area contributed by atoms with Crippen molar-refractivity contribution in [3.63, 3.8) is 0 Å². The summed E-state index contributed by atoms with van der Waals surface area (Å²) in [4.78, 5) is 10.9. The first-order valence-corrected chi connectivity index (χ1v) is 3.97. The van der Waals surface area contributed by atoms with Crippen LogP contribution in [-0.2, 0) is 0 Å². The summed E-state index contributed by atoms with van der Waals surface area (Å²) in [6, 6.07) is 14.0. The summed E-state index contributed by atoms with van der Waals surface area (Å²) < 4.78 is 0. The number of hydrogen-bond donors (Lipinski definition) is 1. The van der Waals surface area contributed by atoms with E-state index in [1.165, 1.54) is 0 Å². The summed E-state index contributed by atoms with van der Waals surface area (Å²) >= 11 is 0. The topological polar surface area (TPSA) is 43.1 Å². The molecule has 0 aliphatic carbocycles. The van der Waals surface area contributed by atoms with Gasteiger partial charge in [-0.3, -0.25) is 4.79 Å². The van der Waals surface area contributed by atoms with E-state index in [0.717, 1.165) is 10.8 Å². The van der Waals surface area contributed by atoms with Crippen LogP contribution in [0.1, 0.15) is 10.4 Å². The molecule has 2 N–H and O–H groups in total. The van der Waals surface area contributed by atoms with Gasteiger partial charge in [-0.2, -0.15) is 0 Å². The van der Waals surface area contributed by atoms with Crippen LogP contribution in [0.4, 0.5) is 0 Å². The summed E-state index contributed by atoms with van der Waals surface area (Å²) in [5, 5.41) is 1.98. The average molecular weight is 170 g/mol. The van der Waals surface area contributed by atoms with Crippen molar-refractivity contribution >= 4 is 16.7 Å². The number of benzene rings is 2. The van der Waals surface area contributed by atoms with Gasteiger partial charge in [0.25, 0.3) is 0 Å². The van der Waals surface area contributed by atoms with E-state index in [1.807, 2.05) is 24.3 Å². The lowest BCUT2D eigenvalue weighted by Gasteiger charge is -1.98. The maximum atomic E-state index is 10.9. The zero-order valence-electron chi connectivity index (χ0n) is 6.95. The number of hydrogen-bond acceptors (Lipinski definition) is 1. The molecule has 0 heterocycles. The molecule has 0 bridgehead atoms. The quantitative estimate of drug-likeness (QED) is 0.696. The SMILES string of the molecule is NC(=O)c1ccc2[c]cccc2c1. The highest BCUT2D eigenvalue weighted by atomic mass is 16.1. The van der Waals surface area contributed by atoms with E-state index in [0.29, 0.717) is 5.56 Å². The zero-order valence-corrected chi connectivity index (χ0v) is 6.95. The summed E-state index contributed by atoms with van der Waals surface area (Å²) in [6.07, 6.45) is 0.